The van der Waals surface area contributed by atoms with Gasteiger partial charge in [-0.15, -0.1) is 0 Å². The minimum atomic E-state index is -0.251. The highest BCUT2D eigenvalue weighted by Gasteiger charge is 2.16. The number of nitrogens with one attached hydrogen (secondary N) is 1. The van der Waals surface area contributed by atoms with Crippen LogP contribution in [0.25, 0.3) is 5.69 Å². The van der Waals surface area contributed by atoms with Crippen LogP contribution in [0.4, 0.5) is 5.69 Å². The summed E-state index contributed by atoms with van der Waals surface area (Å²) < 4.78 is 12.5. The summed E-state index contributed by atoms with van der Waals surface area (Å²) in [5.74, 6) is 0.937. The van der Waals surface area contributed by atoms with Gasteiger partial charge in [0.1, 0.15) is 0 Å². The van der Waals surface area contributed by atoms with E-state index in [1.54, 1.807) is 48.3 Å². The summed E-state index contributed by atoms with van der Waals surface area (Å²) in [5, 5.41) is 7.83. The first-order chi connectivity index (χ1) is 13.0. The molecule has 0 unspecified atom stereocenters. The third-order valence-electron chi connectivity index (χ3n) is 4.05. The number of ether oxygens (including phenoxy) is 2. The normalized spacial score (nSPS) is 10.5. The number of nitrogens with zero attached hydrogens (tertiary/aromatic N) is 2. The molecule has 2 aromatic carbocycles. The first kappa shape index (κ1) is 18.8. The van der Waals surface area contributed by atoms with E-state index in [9.17, 15) is 4.79 Å². The van der Waals surface area contributed by atoms with Crippen molar-refractivity contribution in [3.05, 3.63) is 64.9 Å². The summed E-state index contributed by atoms with van der Waals surface area (Å²) >= 11 is 5.93. The van der Waals surface area contributed by atoms with Crippen molar-refractivity contribution in [2.75, 3.05) is 19.0 Å². The zero-order chi connectivity index (χ0) is 19.4. The molecule has 1 N–H and O–H groups in total. The van der Waals surface area contributed by atoms with E-state index < -0.39 is 0 Å². The number of rotatable bonds is 6. The van der Waals surface area contributed by atoms with E-state index in [1.165, 1.54) is 0 Å². The van der Waals surface area contributed by atoms with E-state index in [2.05, 4.69) is 10.4 Å². The number of amides is 1. The molecule has 1 heterocycles. The van der Waals surface area contributed by atoms with Gasteiger partial charge in [0, 0.05) is 16.8 Å². The zero-order valence-electron chi connectivity index (χ0n) is 15.3. The van der Waals surface area contributed by atoms with Crippen LogP contribution in [0.2, 0.25) is 5.02 Å². The van der Waals surface area contributed by atoms with Crippen LogP contribution in [0.3, 0.4) is 0 Å². The van der Waals surface area contributed by atoms with Crippen LogP contribution in [0, 0.1) is 6.92 Å². The first-order valence-electron chi connectivity index (χ1n) is 8.46. The third-order valence-corrected chi connectivity index (χ3v) is 4.30. The van der Waals surface area contributed by atoms with Gasteiger partial charge in [0.05, 0.1) is 36.9 Å². The molecule has 7 heteroatoms. The number of aromatic nitrogens is 2. The van der Waals surface area contributed by atoms with Crippen molar-refractivity contribution in [1.29, 1.82) is 0 Å². The molecule has 0 atom stereocenters. The average Bonchev–Trinajstić information content (AvgIpc) is 3.05. The lowest BCUT2D eigenvalue weighted by Gasteiger charge is -2.12. The lowest BCUT2D eigenvalue weighted by Crippen LogP contribution is -2.13. The smallest absolute Gasteiger partial charge is 0.259 e. The standard InChI is InChI=1S/C20H20ClN3O3/c1-4-27-18-10-7-15(11-19(18)26-3)23-20(25)17-12-22-24(13(17)2)16-8-5-14(21)6-9-16/h5-12H,4H2,1-3H3,(H,23,25). The van der Waals surface area contributed by atoms with Gasteiger partial charge in [-0.1, -0.05) is 11.6 Å². The molecule has 0 spiro atoms. The molecular formula is C20H20ClN3O3. The number of hydrogen-bond donors (Lipinski definition) is 1. The Morgan fingerprint density at radius 2 is 1.93 bits per heavy atom. The van der Waals surface area contributed by atoms with Gasteiger partial charge < -0.3 is 14.8 Å². The van der Waals surface area contributed by atoms with E-state index in [0.717, 1.165) is 11.4 Å². The lowest BCUT2D eigenvalue weighted by molar-refractivity contribution is 0.102. The Morgan fingerprint density at radius 1 is 1.19 bits per heavy atom. The third kappa shape index (κ3) is 4.06. The van der Waals surface area contributed by atoms with Crippen LogP contribution >= 0.6 is 11.6 Å². The molecule has 0 aliphatic rings. The number of anilines is 1. The molecule has 140 valence electrons. The van der Waals surface area contributed by atoms with Crippen molar-refractivity contribution in [3.63, 3.8) is 0 Å². The number of hydrogen-bond acceptors (Lipinski definition) is 4. The Balaban J connectivity index is 1.82. The Morgan fingerprint density at radius 3 is 2.59 bits per heavy atom. The topological polar surface area (TPSA) is 65.4 Å². The summed E-state index contributed by atoms with van der Waals surface area (Å²) in [6, 6.07) is 12.5. The van der Waals surface area contributed by atoms with Crippen LogP contribution in [-0.2, 0) is 0 Å². The number of carbonyl (C=O) groups is 1. The molecule has 0 radical (unpaired) electrons. The quantitative estimate of drug-likeness (QED) is 0.678. The maximum absolute atomic E-state index is 12.7. The number of benzene rings is 2. The predicted molar refractivity (Wildman–Crippen MR) is 105 cm³/mol. The van der Waals surface area contributed by atoms with E-state index >= 15 is 0 Å². The number of halogens is 1. The highest BCUT2D eigenvalue weighted by atomic mass is 35.5. The molecular weight excluding hydrogens is 366 g/mol. The summed E-state index contributed by atoms with van der Waals surface area (Å²) in [5.41, 5.74) is 2.66. The van der Waals surface area contributed by atoms with Crippen LogP contribution < -0.4 is 14.8 Å². The molecule has 0 saturated carbocycles. The minimum Gasteiger partial charge on any atom is -0.493 e. The molecule has 0 saturated heterocycles. The molecule has 27 heavy (non-hydrogen) atoms. The van der Waals surface area contributed by atoms with Gasteiger partial charge in [0.25, 0.3) is 5.91 Å². The fourth-order valence-electron chi connectivity index (χ4n) is 2.69. The van der Waals surface area contributed by atoms with Crippen LogP contribution in [-0.4, -0.2) is 29.4 Å². The van der Waals surface area contributed by atoms with Crippen LogP contribution in [0.15, 0.2) is 48.7 Å². The van der Waals surface area contributed by atoms with Gasteiger partial charge in [0.2, 0.25) is 0 Å². The second kappa shape index (κ2) is 8.14. The van der Waals surface area contributed by atoms with Gasteiger partial charge >= 0.3 is 0 Å². The monoisotopic (exact) mass is 385 g/mol. The Kier molecular flexibility index (Phi) is 5.66. The summed E-state index contributed by atoms with van der Waals surface area (Å²) in [6.07, 6.45) is 1.55. The second-order valence-corrected chi connectivity index (χ2v) is 6.22. The lowest BCUT2D eigenvalue weighted by atomic mass is 10.2. The molecule has 0 aliphatic carbocycles. The molecule has 1 amide bonds. The van der Waals surface area contributed by atoms with E-state index in [0.29, 0.717) is 34.4 Å². The van der Waals surface area contributed by atoms with Crippen molar-refractivity contribution < 1.29 is 14.3 Å². The van der Waals surface area contributed by atoms with Crippen molar-refractivity contribution in [3.8, 4) is 17.2 Å². The van der Waals surface area contributed by atoms with Gasteiger partial charge in [-0.25, -0.2) is 4.68 Å². The summed E-state index contributed by atoms with van der Waals surface area (Å²) in [7, 11) is 1.56. The highest BCUT2D eigenvalue weighted by Crippen LogP contribution is 2.30. The second-order valence-electron chi connectivity index (χ2n) is 5.78. The highest BCUT2D eigenvalue weighted by molar-refractivity contribution is 6.30. The van der Waals surface area contributed by atoms with E-state index in [4.69, 9.17) is 21.1 Å². The summed E-state index contributed by atoms with van der Waals surface area (Å²) in [4.78, 5) is 12.7. The molecule has 0 aliphatic heterocycles. The first-order valence-corrected chi connectivity index (χ1v) is 8.84. The van der Waals surface area contributed by atoms with Crippen LogP contribution in [0.5, 0.6) is 11.5 Å². The molecule has 0 fully saturated rings. The predicted octanol–water partition coefficient (Wildman–Crippen LogP) is 4.49. The van der Waals surface area contributed by atoms with Gasteiger partial charge in [-0.3, -0.25) is 4.79 Å². The van der Waals surface area contributed by atoms with Crippen molar-refractivity contribution in [2.45, 2.75) is 13.8 Å². The fraction of sp³-hybridized carbons (Fsp3) is 0.200. The minimum absolute atomic E-state index is 0.251. The van der Waals surface area contributed by atoms with Crippen LogP contribution in [0.1, 0.15) is 23.0 Å². The average molecular weight is 386 g/mol. The van der Waals surface area contributed by atoms with E-state index in [1.807, 2.05) is 26.0 Å². The van der Waals surface area contributed by atoms with Gasteiger partial charge in [-0.05, 0) is 50.2 Å². The number of methoxy groups -OCH3 is 1. The van der Waals surface area contributed by atoms with Crippen molar-refractivity contribution in [1.82, 2.24) is 9.78 Å². The molecule has 3 rings (SSSR count). The van der Waals surface area contributed by atoms with Gasteiger partial charge in [-0.2, -0.15) is 5.10 Å². The molecule has 6 nitrogen and oxygen atoms in total. The fourth-order valence-corrected chi connectivity index (χ4v) is 2.82. The summed E-state index contributed by atoms with van der Waals surface area (Å²) in [6.45, 7) is 4.27. The Hall–Kier alpha value is -2.99. The van der Waals surface area contributed by atoms with E-state index in [-0.39, 0.29) is 5.91 Å². The van der Waals surface area contributed by atoms with Crippen molar-refractivity contribution >= 4 is 23.2 Å². The molecule has 0 bridgehead atoms. The Bertz CT molecular complexity index is 952. The SMILES string of the molecule is CCOc1ccc(NC(=O)c2cnn(-c3ccc(Cl)cc3)c2C)cc1OC. The Labute approximate surface area is 162 Å². The zero-order valence-corrected chi connectivity index (χ0v) is 16.1. The molecule has 1 aromatic heterocycles. The molecule has 3 aromatic rings. The van der Waals surface area contributed by atoms with Crippen molar-refractivity contribution in [2.24, 2.45) is 0 Å². The maximum Gasteiger partial charge on any atom is 0.259 e. The maximum atomic E-state index is 12.7. The van der Waals surface area contributed by atoms with Gasteiger partial charge in [0.15, 0.2) is 11.5 Å². The largest absolute Gasteiger partial charge is 0.493 e. The number of carbonyl (C=O) groups excluding carboxylic acids is 1.